The minimum atomic E-state index is -2.61. The molecule has 1 saturated carbocycles. The monoisotopic (exact) mass is 518 g/mol. The number of phenolic OH excluding ortho intramolecular Hbond substituents is 1. The highest BCUT2D eigenvalue weighted by atomic mass is 16.3. The number of ketones is 2. The molecule has 3 atom stereocenters. The number of carbonyl (C=O) groups is 4. The Bertz CT molecular complexity index is 1520. The number of rotatable bonds is 3. The quantitative estimate of drug-likeness (QED) is 0.382. The van der Waals surface area contributed by atoms with Crippen molar-refractivity contribution in [1.29, 1.82) is 0 Å². The predicted octanol–water partition coefficient (Wildman–Crippen LogP) is 1.79. The number of nitrogens with zero attached hydrogens (tertiary/aromatic N) is 1. The topological polar surface area (TPSA) is 178 Å². The van der Waals surface area contributed by atoms with Crippen molar-refractivity contribution in [3.63, 3.8) is 0 Å². The lowest BCUT2D eigenvalue weighted by atomic mass is 9.59. The molecule has 0 aromatic heterocycles. The zero-order chi connectivity index (χ0) is 27.7. The molecule has 10 nitrogen and oxygen atoms in total. The van der Waals surface area contributed by atoms with Gasteiger partial charge in [0.2, 0.25) is 5.78 Å². The molecular weight excluding hydrogens is 492 g/mol. The standard InChI is InChI=1S/C28H26N2O8/c1-30(2)27(37)13-5-3-4-12(8-13)16-6-7-18(31)21-17(16)10-14-9-15-11-19(32)22(26(29)36)25(35)28(15,38)24(34)20(14)23(21)33/h3-8,14-15,31,33,35,38H,9-11H2,1-2H3,(H2,29,36)/t14-,15+,28+/m1/s1. The fraction of sp³-hybridized carbons (Fsp3) is 0.286. The van der Waals surface area contributed by atoms with Crippen LogP contribution in [-0.4, -0.2) is 68.4 Å². The fourth-order valence-electron chi connectivity index (χ4n) is 5.97. The highest BCUT2D eigenvalue weighted by Crippen LogP contribution is 2.53. The average Bonchev–Trinajstić information content (AvgIpc) is 2.85. The third-order valence-electron chi connectivity index (χ3n) is 7.77. The Balaban J connectivity index is 1.67. The van der Waals surface area contributed by atoms with Crippen LogP contribution in [0.3, 0.4) is 0 Å². The van der Waals surface area contributed by atoms with Gasteiger partial charge < -0.3 is 31.1 Å². The second kappa shape index (κ2) is 8.56. The number of amides is 2. The van der Waals surface area contributed by atoms with Gasteiger partial charge in [-0.15, -0.1) is 0 Å². The molecule has 2 amide bonds. The molecule has 196 valence electrons. The largest absolute Gasteiger partial charge is 0.508 e. The van der Waals surface area contributed by atoms with Gasteiger partial charge in [-0.25, -0.2) is 0 Å². The Hall–Kier alpha value is -4.44. The first-order valence-electron chi connectivity index (χ1n) is 12.0. The number of aromatic hydroxyl groups is 1. The maximum atomic E-state index is 13.6. The smallest absolute Gasteiger partial charge is 0.255 e. The van der Waals surface area contributed by atoms with E-state index in [0.717, 1.165) is 0 Å². The molecule has 2 aromatic rings. The summed E-state index contributed by atoms with van der Waals surface area (Å²) in [6.45, 7) is 0. The van der Waals surface area contributed by atoms with Crippen molar-refractivity contribution >= 4 is 29.1 Å². The minimum absolute atomic E-state index is 0.000955. The summed E-state index contributed by atoms with van der Waals surface area (Å²) in [7, 11) is 3.27. The van der Waals surface area contributed by atoms with Crippen molar-refractivity contribution < 1.29 is 39.6 Å². The van der Waals surface area contributed by atoms with E-state index in [1.54, 1.807) is 44.4 Å². The second-order valence-electron chi connectivity index (χ2n) is 10.2. The molecule has 5 rings (SSSR count). The zero-order valence-electron chi connectivity index (χ0n) is 20.7. The highest BCUT2D eigenvalue weighted by molar-refractivity contribution is 6.22. The number of nitrogens with two attached hydrogens (primary N) is 1. The number of phenols is 1. The van der Waals surface area contributed by atoms with Crippen molar-refractivity contribution in [3.8, 4) is 16.9 Å². The lowest BCUT2D eigenvalue weighted by Gasteiger charge is -2.46. The first kappa shape index (κ1) is 25.2. The Morgan fingerprint density at radius 2 is 1.76 bits per heavy atom. The summed E-state index contributed by atoms with van der Waals surface area (Å²) in [5, 5.41) is 44.0. The van der Waals surface area contributed by atoms with Gasteiger partial charge in [0.1, 0.15) is 22.8 Å². The van der Waals surface area contributed by atoms with Gasteiger partial charge in [-0.2, -0.15) is 0 Å². The summed E-state index contributed by atoms with van der Waals surface area (Å²) in [6, 6.07) is 9.90. The molecule has 0 radical (unpaired) electrons. The van der Waals surface area contributed by atoms with Crippen LogP contribution in [0.5, 0.6) is 5.75 Å². The van der Waals surface area contributed by atoms with Gasteiger partial charge in [-0.1, -0.05) is 18.2 Å². The Morgan fingerprint density at radius 3 is 2.42 bits per heavy atom. The molecule has 6 N–H and O–H groups in total. The fourth-order valence-corrected chi connectivity index (χ4v) is 5.97. The van der Waals surface area contributed by atoms with Crippen molar-refractivity contribution in [2.75, 3.05) is 14.1 Å². The summed E-state index contributed by atoms with van der Waals surface area (Å²) in [6.07, 6.45) is -0.176. The number of primary amides is 1. The van der Waals surface area contributed by atoms with Crippen molar-refractivity contribution in [1.82, 2.24) is 4.90 Å². The van der Waals surface area contributed by atoms with Gasteiger partial charge >= 0.3 is 0 Å². The number of Topliss-reactive ketones (excluding diaryl/α,β-unsaturated/α-hetero) is 2. The maximum absolute atomic E-state index is 13.6. The van der Waals surface area contributed by atoms with Crippen LogP contribution in [0, 0.1) is 11.8 Å². The van der Waals surface area contributed by atoms with E-state index in [4.69, 9.17) is 5.73 Å². The molecule has 0 heterocycles. The van der Waals surface area contributed by atoms with E-state index in [-0.39, 0.29) is 42.1 Å². The Morgan fingerprint density at radius 1 is 1.05 bits per heavy atom. The normalized spacial score (nSPS) is 24.5. The van der Waals surface area contributed by atoms with Gasteiger partial charge in [-0.05, 0) is 53.6 Å². The number of carbonyl (C=O) groups excluding carboxylic acids is 4. The molecule has 0 spiro atoms. The molecule has 3 aliphatic rings. The van der Waals surface area contributed by atoms with E-state index in [0.29, 0.717) is 22.3 Å². The number of fused-ring (bicyclic) bond motifs is 3. The molecule has 3 aliphatic carbocycles. The van der Waals surface area contributed by atoms with E-state index in [2.05, 4.69) is 0 Å². The molecular formula is C28H26N2O8. The van der Waals surface area contributed by atoms with Crippen LogP contribution < -0.4 is 5.73 Å². The summed E-state index contributed by atoms with van der Waals surface area (Å²) in [5.41, 5.74) is 3.83. The number of benzene rings is 2. The van der Waals surface area contributed by atoms with E-state index < -0.39 is 52.0 Å². The average molecular weight is 519 g/mol. The number of aliphatic hydroxyl groups excluding tert-OH is 2. The molecule has 0 unspecified atom stereocenters. The lowest BCUT2D eigenvalue weighted by Crippen LogP contribution is -2.58. The molecule has 0 aliphatic heterocycles. The summed E-state index contributed by atoms with van der Waals surface area (Å²) < 4.78 is 0. The number of hydrogen-bond donors (Lipinski definition) is 5. The third kappa shape index (κ3) is 3.44. The zero-order valence-corrected chi connectivity index (χ0v) is 20.7. The van der Waals surface area contributed by atoms with E-state index >= 15 is 0 Å². The SMILES string of the molecule is CN(C)C(=O)c1cccc(-c2ccc(O)c3c2C[C@H]2C[C@H]4CC(=O)C(C(N)=O)=C(O)[C@@]4(O)C(=O)C2=C3O)c1. The van der Waals surface area contributed by atoms with E-state index in [1.807, 2.05) is 0 Å². The first-order chi connectivity index (χ1) is 17.9. The summed E-state index contributed by atoms with van der Waals surface area (Å²) in [4.78, 5) is 51.9. The van der Waals surface area contributed by atoms with Crippen molar-refractivity contribution in [2.45, 2.75) is 24.9 Å². The predicted molar refractivity (Wildman–Crippen MR) is 135 cm³/mol. The molecule has 0 bridgehead atoms. The van der Waals surface area contributed by atoms with Crippen molar-refractivity contribution in [2.24, 2.45) is 17.6 Å². The van der Waals surface area contributed by atoms with Crippen LogP contribution in [0.4, 0.5) is 0 Å². The van der Waals surface area contributed by atoms with Crippen LogP contribution in [-0.2, 0) is 20.8 Å². The van der Waals surface area contributed by atoms with Crippen LogP contribution in [0.1, 0.15) is 34.3 Å². The van der Waals surface area contributed by atoms with Gasteiger partial charge in [0.15, 0.2) is 11.4 Å². The summed E-state index contributed by atoms with van der Waals surface area (Å²) in [5.74, 6) is -6.95. The molecule has 10 heteroatoms. The minimum Gasteiger partial charge on any atom is -0.508 e. The molecule has 0 saturated heterocycles. The van der Waals surface area contributed by atoms with Crippen molar-refractivity contribution in [3.05, 3.63) is 70.0 Å². The summed E-state index contributed by atoms with van der Waals surface area (Å²) >= 11 is 0. The maximum Gasteiger partial charge on any atom is 0.255 e. The van der Waals surface area contributed by atoms with Crippen LogP contribution >= 0.6 is 0 Å². The second-order valence-corrected chi connectivity index (χ2v) is 10.2. The van der Waals surface area contributed by atoms with Gasteiger partial charge in [0, 0.05) is 37.6 Å². The van der Waals surface area contributed by atoms with Crippen LogP contribution in [0.2, 0.25) is 0 Å². The first-order valence-corrected chi connectivity index (χ1v) is 12.0. The lowest BCUT2D eigenvalue weighted by molar-refractivity contribution is -0.147. The highest BCUT2D eigenvalue weighted by Gasteiger charge is 2.60. The van der Waals surface area contributed by atoms with Crippen LogP contribution in [0.15, 0.2) is 53.3 Å². The van der Waals surface area contributed by atoms with Gasteiger partial charge in [0.05, 0.1) is 5.56 Å². The Labute approximate surface area is 217 Å². The molecule has 38 heavy (non-hydrogen) atoms. The van der Waals surface area contributed by atoms with E-state index in [1.165, 1.54) is 11.0 Å². The molecule has 1 fully saturated rings. The van der Waals surface area contributed by atoms with Gasteiger partial charge in [-0.3, -0.25) is 19.2 Å². The van der Waals surface area contributed by atoms with Crippen LogP contribution in [0.25, 0.3) is 16.9 Å². The molecule has 2 aromatic carbocycles. The third-order valence-corrected chi connectivity index (χ3v) is 7.77. The van der Waals surface area contributed by atoms with Gasteiger partial charge in [0.25, 0.3) is 11.8 Å². The van der Waals surface area contributed by atoms with E-state index in [9.17, 15) is 39.6 Å². The Kier molecular flexibility index (Phi) is 5.68. The number of hydrogen-bond acceptors (Lipinski definition) is 8. The number of aliphatic hydroxyl groups is 3.